The van der Waals surface area contributed by atoms with E-state index in [-0.39, 0.29) is 4.90 Å². The van der Waals surface area contributed by atoms with Crippen LogP contribution in [0.25, 0.3) is 21.9 Å². The Bertz CT molecular complexity index is 919. The highest BCUT2D eigenvalue weighted by Crippen LogP contribution is 2.33. The molecule has 5 heteroatoms. The number of fused-ring (bicyclic) bond motifs is 1. The number of rotatable bonds is 2. The maximum absolute atomic E-state index is 11.3. The number of nitrogens with two attached hydrogens (primary N) is 1. The number of anilines is 1. The Labute approximate surface area is 122 Å². The van der Waals surface area contributed by atoms with Crippen molar-refractivity contribution in [1.29, 1.82) is 0 Å². The maximum Gasteiger partial charge on any atom is 0.294 e. The predicted molar refractivity (Wildman–Crippen MR) is 83.6 cm³/mol. The van der Waals surface area contributed by atoms with E-state index in [1.165, 1.54) is 12.1 Å². The van der Waals surface area contributed by atoms with Crippen LogP contribution in [0.2, 0.25) is 0 Å². The predicted octanol–water partition coefficient (Wildman–Crippen LogP) is 3.34. The van der Waals surface area contributed by atoms with Crippen molar-refractivity contribution in [2.24, 2.45) is 0 Å². The van der Waals surface area contributed by atoms with Crippen molar-refractivity contribution in [3.05, 3.63) is 60.7 Å². The second-order valence-electron chi connectivity index (χ2n) is 4.75. The summed E-state index contributed by atoms with van der Waals surface area (Å²) in [4.78, 5) is -0.160. The molecule has 21 heavy (non-hydrogen) atoms. The van der Waals surface area contributed by atoms with Crippen molar-refractivity contribution in [2.75, 3.05) is 5.73 Å². The first-order valence-corrected chi connectivity index (χ1v) is 7.76. The first-order valence-electron chi connectivity index (χ1n) is 6.32. The molecule has 0 saturated carbocycles. The summed E-state index contributed by atoms with van der Waals surface area (Å²) in [6.45, 7) is 0. The highest BCUT2D eigenvalue weighted by atomic mass is 32.2. The molecule has 3 aromatic rings. The summed E-state index contributed by atoms with van der Waals surface area (Å²) < 4.78 is 31.7. The summed E-state index contributed by atoms with van der Waals surface area (Å²) in [5.41, 5.74) is 8.46. The molecular formula is C16H13NO3S. The van der Waals surface area contributed by atoms with Gasteiger partial charge in [-0.15, -0.1) is 0 Å². The lowest BCUT2D eigenvalue weighted by atomic mass is 9.99. The van der Waals surface area contributed by atoms with Gasteiger partial charge in [0.2, 0.25) is 0 Å². The Kier molecular flexibility index (Phi) is 3.16. The van der Waals surface area contributed by atoms with Crippen LogP contribution in [-0.4, -0.2) is 13.0 Å². The fourth-order valence-corrected chi connectivity index (χ4v) is 2.86. The van der Waals surface area contributed by atoms with Crippen LogP contribution < -0.4 is 5.73 Å². The minimum Gasteiger partial charge on any atom is -0.398 e. The van der Waals surface area contributed by atoms with E-state index in [0.717, 1.165) is 16.5 Å². The Morgan fingerprint density at radius 1 is 0.905 bits per heavy atom. The third-order valence-corrected chi connectivity index (χ3v) is 4.27. The Hall–Kier alpha value is -2.37. The number of benzene rings is 3. The molecule has 0 saturated heterocycles. The molecule has 4 nitrogen and oxygen atoms in total. The highest BCUT2D eigenvalue weighted by Gasteiger charge is 2.12. The molecule has 0 aliphatic carbocycles. The minimum atomic E-state index is -4.24. The van der Waals surface area contributed by atoms with Crippen molar-refractivity contribution in [3.63, 3.8) is 0 Å². The van der Waals surface area contributed by atoms with Gasteiger partial charge in [-0.3, -0.25) is 4.55 Å². The molecule has 3 rings (SSSR count). The van der Waals surface area contributed by atoms with Gasteiger partial charge in [0.25, 0.3) is 10.1 Å². The SMILES string of the molecule is Nc1c(-c2ccccc2)ccc2ccc(S(=O)(=O)O)cc12. The fraction of sp³-hybridized carbons (Fsp3) is 0. The molecule has 106 valence electrons. The molecule has 0 spiro atoms. The van der Waals surface area contributed by atoms with Gasteiger partial charge in [0.05, 0.1) is 4.90 Å². The van der Waals surface area contributed by atoms with E-state index in [1.54, 1.807) is 6.07 Å². The van der Waals surface area contributed by atoms with Crippen LogP contribution in [0, 0.1) is 0 Å². The molecule has 3 aromatic carbocycles. The zero-order chi connectivity index (χ0) is 15.0. The Morgan fingerprint density at radius 3 is 2.24 bits per heavy atom. The van der Waals surface area contributed by atoms with E-state index >= 15 is 0 Å². The summed E-state index contributed by atoms with van der Waals surface area (Å²) in [5, 5.41) is 1.42. The second kappa shape index (κ2) is 4.87. The smallest absolute Gasteiger partial charge is 0.294 e. The average Bonchev–Trinajstić information content (AvgIpc) is 2.47. The molecule has 0 aliphatic rings. The summed E-state index contributed by atoms with van der Waals surface area (Å²) in [6, 6.07) is 17.8. The van der Waals surface area contributed by atoms with Gasteiger partial charge in [-0.25, -0.2) is 0 Å². The van der Waals surface area contributed by atoms with E-state index in [0.29, 0.717) is 11.1 Å². The summed E-state index contributed by atoms with van der Waals surface area (Å²) in [6.07, 6.45) is 0. The van der Waals surface area contributed by atoms with Gasteiger partial charge in [-0.1, -0.05) is 48.5 Å². The van der Waals surface area contributed by atoms with Gasteiger partial charge in [-0.2, -0.15) is 8.42 Å². The minimum absolute atomic E-state index is 0.160. The molecule has 0 amide bonds. The highest BCUT2D eigenvalue weighted by molar-refractivity contribution is 7.85. The molecular weight excluding hydrogens is 286 g/mol. The van der Waals surface area contributed by atoms with Crippen molar-refractivity contribution >= 4 is 26.6 Å². The van der Waals surface area contributed by atoms with Crippen molar-refractivity contribution in [3.8, 4) is 11.1 Å². The lowest BCUT2D eigenvalue weighted by Gasteiger charge is -2.10. The van der Waals surface area contributed by atoms with Gasteiger partial charge in [0, 0.05) is 16.6 Å². The molecule has 0 heterocycles. The standard InChI is InChI=1S/C16H13NO3S/c17-16-14(11-4-2-1-3-5-11)9-7-12-6-8-13(10-15(12)16)21(18,19)20/h1-10H,17H2,(H,18,19,20). The molecule has 0 bridgehead atoms. The Balaban J connectivity index is 2.29. The zero-order valence-corrected chi connectivity index (χ0v) is 11.8. The zero-order valence-electron chi connectivity index (χ0n) is 11.0. The third-order valence-electron chi connectivity index (χ3n) is 3.42. The quantitative estimate of drug-likeness (QED) is 0.562. The van der Waals surface area contributed by atoms with E-state index in [2.05, 4.69) is 0 Å². The molecule has 0 atom stereocenters. The topological polar surface area (TPSA) is 80.4 Å². The van der Waals surface area contributed by atoms with Crippen LogP contribution in [0.4, 0.5) is 5.69 Å². The lowest BCUT2D eigenvalue weighted by molar-refractivity contribution is 0.483. The molecule has 0 aliphatic heterocycles. The fourth-order valence-electron chi connectivity index (χ4n) is 2.35. The average molecular weight is 299 g/mol. The van der Waals surface area contributed by atoms with Gasteiger partial charge >= 0.3 is 0 Å². The summed E-state index contributed by atoms with van der Waals surface area (Å²) in [7, 11) is -4.24. The van der Waals surface area contributed by atoms with Crippen molar-refractivity contribution in [1.82, 2.24) is 0 Å². The summed E-state index contributed by atoms with van der Waals surface area (Å²) in [5.74, 6) is 0. The van der Waals surface area contributed by atoms with Crippen LogP contribution in [0.5, 0.6) is 0 Å². The largest absolute Gasteiger partial charge is 0.398 e. The monoisotopic (exact) mass is 299 g/mol. The molecule has 0 aromatic heterocycles. The van der Waals surface area contributed by atoms with Gasteiger partial charge in [0.1, 0.15) is 0 Å². The van der Waals surface area contributed by atoms with E-state index in [1.807, 2.05) is 42.5 Å². The third kappa shape index (κ3) is 2.49. The van der Waals surface area contributed by atoms with E-state index in [9.17, 15) is 8.42 Å². The number of hydrogen-bond donors (Lipinski definition) is 2. The van der Waals surface area contributed by atoms with Crippen LogP contribution in [0.3, 0.4) is 0 Å². The van der Waals surface area contributed by atoms with E-state index in [4.69, 9.17) is 10.3 Å². The van der Waals surface area contributed by atoms with Crippen LogP contribution in [0.1, 0.15) is 0 Å². The number of hydrogen-bond acceptors (Lipinski definition) is 3. The first kappa shape index (κ1) is 13.6. The second-order valence-corrected chi connectivity index (χ2v) is 6.17. The first-order chi connectivity index (χ1) is 9.97. The molecule has 0 fully saturated rings. The van der Waals surface area contributed by atoms with Crippen molar-refractivity contribution < 1.29 is 13.0 Å². The molecule has 3 N–H and O–H groups in total. The summed E-state index contributed by atoms with van der Waals surface area (Å²) >= 11 is 0. The maximum atomic E-state index is 11.3. The van der Waals surface area contributed by atoms with Crippen molar-refractivity contribution in [2.45, 2.75) is 4.90 Å². The lowest BCUT2D eigenvalue weighted by Crippen LogP contribution is -1.99. The van der Waals surface area contributed by atoms with Crippen LogP contribution in [-0.2, 0) is 10.1 Å². The number of nitrogen functional groups attached to an aromatic ring is 1. The van der Waals surface area contributed by atoms with Gasteiger partial charge in [0.15, 0.2) is 0 Å². The molecule has 0 unspecified atom stereocenters. The normalized spacial score (nSPS) is 11.7. The Morgan fingerprint density at radius 2 is 1.57 bits per heavy atom. The van der Waals surface area contributed by atoms with Crippen LogP contribution in [0.15, 0.2) is 65.6 Å². The molecule has 0 radical (unpaired) electrons. The van der Waals surface area contributed by atoms with Crippen LogP contribution >= 0.6 is 0 Å². The van der Waals surface area contributed by atoms with Gasteiger partial charge < -0.3 is 5.73 Å². The van der Waals surface area contributed by atoms with E-state index < -0.39 is 10.1 Å². The van der Waals surface area contributed by atoms with Gasteiger partial charge in [-0.05, 0) is 23.1 Å².